The van der Waals surface area contributed by atoms with Crippen LogP contribution >= 0.6 is 0 Å². The molecule has 0 bridgehead atoms. The number of aryl methyl sites for hydroxylation is 4. The van der Waals surface area contributed by atoms with Crippen LogP contribution in [0.2, 0.25) is 0 Å². The molecule has 2 N–H and O–H groups in total. The third-order valence-electron chi connectivity index (χ3n) is 9.32. The summed E-state index contributed by atoms with van der Waals surface area (Å²) in [5.74, 6) is 0. The Morgan fingerprint density at radius 2 is 0.891 bits per heavy atom. The maximum Gasteiger partial charge on any atom is 0.0672 e. The fraction of sp³-hybridized carbons (Fsp3) is 0.122. The van der Waals surface area contributed by atoms with Gasteiger partial charge in [-0.25, -0.2) is 0 Å². The van der Waals surface area contributed by atoms with Crippen LogP contribution in [0, 0.1) is 27.7 Å². The van der Waals surface area contributed by atoms with Crippen molar-refractivity contribution in [3.8, 4) is 44.5 Å². The molecule has 3 heterocycles. The molecule has 0 fully saturated rings. The number of hydrogen-bond donors (Lipinski definition) is 2. The molecule has 46 heavy (non-hydrogen) atoms. The molecule has 0 saturated heterocycles. The maximum atomic E-state index is 4.39. The summed E-state index contributed by atoms with van der Waals surface area (Å²) in [5, 5.41) is 17.5. The Morgan fingerprint density at radius 3 is 1.30 bits per heavy atom. The second kappa shape index (κ2) is 11.0. The topological polar surface area (TPSA) is 62.3 Å². The lowest BCUT2D eigenvalue weighted by Crippen LogP contribution is -1.99. The van der Waals surface area contributed by atoms with Crippen LogP contribution in [0.5, 0.6) is 0 Å². The fourth-order valence-electron chi connectivity index (χ4n) is 7.01. The lowest BCUT2D eigenvalue weighted by molar-refractivity contribution is 0.869. The maximum absolute atomic E-state index is 4.39. The number of benzene rings is 5. The first-order valence-corrected chi connectivity index (χ1v) is 15.8. The number of fused-ring (bicyclic) bond motifs is 3. The van der Waals surface area contributed by atoms with E-state index >= 15 is 0 Å². The van der Waals surface area contributed by atoms with Crippen molar-refractivity contribution in [3.63, 3.8) is 0 Å². The van der Waals surface area contributed by atoms with Crippen molar-refractivity contribution >= 4 is 21.8 Å². The molecule has 0 spiro atoms. The summed E-state index contributed by atoms with van der Waals surface area (Å²) in [6.45, 7) is 9.07. The van der Waals surface area contributed by atoms with Gasteiger partial charge >= 0.3 is 0 Å². The van der Waals surface area contributed by atoms with Crippen molar-refractivity contribution in [1.29, 1.82) is 0 Å². The van der Waals surface area contributed by atoms with Gasteiger partial charge in [0.05, 0.1) is 11.4 Å². The van der Waals surface area contributed by atoms with Crippen molar-refractivity contribution in [2.75, 3.05) is 0 Å². The van der Waals surface area contributed by atoms with Crippen molar-refractivity contribution < 1.29 is 0 Å². The molecule has 0 aliphatic carbocycles. The van der Waals surface area contributed by atoms with Crippen LogP contribution < -0.4 is 0 Å². The normalized spacial score (nSPS) is 11.6. The second-order valence-corrected chi connectivity index (χ2v) is 12.3. The number of nitrogens with one attached hydrogen (secondary N) is 2. The minimum Gasteiger partial charge on any atom is -0.336 e. The van der Waals surface area contributed by atoms with Crippen LogP contribution in [0.3, 0.4) is 0 Å². The number of H-pyrrole nitrogens is 2. The molecule has 5 aromatic carbocycles. The van der Waals surface area contributed by atoms with Crippen molar-refractivity contribution in [2.45, 2.75) is 34.2 Å². The van der Waals surface area contributed by atoms with E-state index in [0.717, 1.165) is 29.3 Å². The SMILES string of the molecule is Cc1n[nH]c(C)c1-c1ccc(-c2ccc3c(c2)c2cc(-c4ccc(-c5c(C)n[nH]c5C)cc4)ccc2n3Cc2ccccc2)cc1. The van der Waals surface area contributed by atoms with Gasteiger partial charge in [-0.1, -0.05) is 91.0 Å². The van der Waals surface area contributed by atoms with Crippen LogP contribution in [0.25, 0.3) is 66.3 Å². The minimum absolute atomic E-state index is 0.815. The van der Waals surface area contributed by atoms with E-state index in [4.69, 9.17) is 0 Å². The molecule has 224 valence electrons. The Kier molecular flexibility index (Phi) is 6.68. The molecule has 3 aromatic heterocycles. The first kappa shape index (κ1) is 27.8. The quantitative estimate of drug-likeness (QED) is 0.200. The molecule has 5 heteroatoms. The summed E-state index contributed by atoms with van der Waals surface area (Å²) in [7, 11) is 0. The van der Waals surface area contributed by atoms with Gasteiger partial charge in [-0.15, -0.1) is 0 Å². The zero-order chi connectivity index (χ0) is 31.4. The number of aromatic amines is 2. The van der Waals surface area contributed by atoms with E-state index < -0.39 is 0 Å². The van der Waals surface area contributed by atoms with Gasteiger partial charge in [-0.05, 0) is 90.9 Å². The standard InChI is InChI=1S/C41H35N5/c1-25-40(26(2)43-42-25)32-14-10-30(11-15-32)34-18-20-38-36(22-34)37-23-35(19-21-39(37)46(38)24-29-8-6-5-7-9-29)31-12-16-33(17-13-31)41-27(3)44-45-28(41)4/h5-23H,24H2,1-4H3,(H,42,43)(H,44,45). The summed E-state index contributed by atoms with van der Waals surface area (Å²) in [6.07, 6.45) is 0. The number of nitrogens with zero attached hydrogens (tertiary/aromatic N) is 3. The molecule has 0 amide bonds. The van der Waals surface area contributed by atoms with Crippen molar-refractivity contribution in [2.24, 2.45) is 0 Å². The van der Waals surface area contributed by atoms with Crippen LogP contribution in [-0.2, 0) is 6.54 Å². The summed E-state index contributed by atoms with van der Waals surface area (Å²) in [4.78, 5) is 0. The second-order valence-electron chi connectivity index (χ2n) is 12.3. The van der Waals surface area contributed by atoms with Gasteiger partial charge in [0.25, 0.3) is 0 Å². The molecule has 0 aliphatic rings. The van der Waals surface area contributed by atoms with Crippen LogP contribution in [-0.4, -0.2) is 25.0 Å². The molecule has 0 aliphatic heterocycles. The molecule has 8 rings (SSSR count). The van der Waals surface area contributed by atoms with E-state index in [1.807, 2.05) is 0 Å². The summed E-state index contributed by atoms with van der Waals surface area (Å²) >= 11 is 0. The Balaban J connectivity index is 1.23. The van der Waals surface area contributed by atoms with Gasteiger partial charge in [0.2, 0.25) is 0 Å². The summed E-state index contributed by atoms with van der Waals surface area (Å²) < 4.78 is 2.45. The van der Waals surface area contributed by atoms with Crippen molar-refractivity contribution in [3.05, 3.63) is 144 Å². The van der Waals surface area contributed by atoms with Crippen molar-refractivity contribution in [1.82, 2.24) is 25.0 Å². The highest BCUT2D eigenvalue weighted by atomic mass is 15.1. The highest BCUT2D eigenvalue weighted by Crippen LogP contribution is 2.37. The number of rotatable bonds is 6. The predicted octanol–water partition coefficient (Wildman–Crippen LogP) is 10.2. The van der Waals surface area contributed by atoms with E-state index in [2.05, 4.69) is 168 Å². The lowest BCUT2D eigenvalue weighted by atomic mass is 9.97. The molecular formula is C41H35N5. The van der Waals surface area contributed by atoms with Crippen LogP contribution in [0.1, 0.15) is 28.3 Å². The van der Waals surface area contributed by atoms with E-state index in [9.17, 15) is 0 Å². The monoisotopic (exact) mass is 597 g/mol. The Bertz CT molecular complexity index is 2170. The van der Waals surface area contributed by atoms with Gasteiger partial charge in [0.1, 0.15) is 0 Å². The largest absolute Gasteiger partial charge is 0.336 e. The molecule has 0 radical (unpaired) electrons. The van der Waals surface area contributed by atoms with E-state index in [1.54, 1.807) is 0 Å². The smallest absolute Gasteiger partial charge is 0.0672 e. The van der Waals surface area contributed by atoms with E-state index in [1.165, 1.54) is 71.9 Å². The molecule has 0 unspecified atom stereocenters. The van der Waals surface area contributed by atoms with Gasteiger partial charge in [0.15, 0.2) is 0 Å². The fourth-order valence-corrected chi connectivity index (χ4v) is 7.01. The van der Waals surface area contributed by atoms with Gasteiger partial charge < -0.3 is 4.57 Å². The molecule has 0 atom stereocenters. The van der Waals surface area contributed by atoms with E-state index in [-0.39, 0.29) is 0 Å². The first-order valence-electron chi connectivity index (χ1n) is 15.8. The number of hydrogen-bond acceptors (Lipinski definition) is 2. The minimum atomic E-state index is 0.815. The Hall–Kier alpha value is -5.68. The number of aromatic nitrogens is 5. The van der Waals surface area contributed by atoms with Gasteiger partial charge in [0, 0.05) is 50.9 Å². The van der Waals surface area contributed by atoms with E-state index in [0.29, 0.717) is 0 Å². The van der Waals surface area contributed by atoms with Gasteiger partial charge in [-0.2, -0.15) is 10.2 Å². The molecule has 8 aromatic rings. The molecule has 5 nitrogen and oxygen atoms in total. The lowest BCUT2D eigenvalue weighted by Gasteiger charge is -2.09. The first-order chi connectivity index (χ1) is 22.4. The average molecular weight is 598 g/mol. The zero-order valence-electron chi connectivity index (χ0n) is 26.5. The molecular weight excluding hydrogens is 562 g/mol. The van der Waals surface area contributed by atoms with Crippen LogP contribution in [0.4, 0.5) is 0 Å². The van der Waals surface area contributed by atoms with Crippen LogP contribution in [0.15, 0.2) is 115 Å². The third kappa shape index (κ3) is 4.72. The Morgan fingerprint density at radius 1 is 0.478 bits per heavy atom. The zero-order valence-corrected chi connectivity index (χ0v) is 26.5. The summed E-state index contributed by atoms with van der Waals surface area (Å²) in [6, 6.07) is 42.2. The highest BCUT2D eigenvalue weighted by Gasteiger charge is 2.15. The average Bonchev–Trinajstić information content (AvgIpc) is 3.72. The molecule has 0 saturated carbocycles. The van der Waals surface area contributed by atoms with Gasteiger partial charge in [-0.3, -0.25) is 10.2 Å². The predicted molar refractivity (Wildman–Crippen MR) is 190 cm³/mol. The third-order valence-corrected chi connectivity index (χ3v) is 9.32. The summed E-state index contributed by atoms with van der Waals surface area (Å²) in [5.41, 5.74) is 17.5. The highest BCUT2D eigenvalue weighted by molar-refractivity contribution is 6.10. The Labute approximate surface area is 268 Å².